The summed E-state index contributed by atoms with van der Waals surface area (Å²) in [5, 5.41) is 0. The van der Waals surface area contributed by atoms with E-state index in [4.69, 9.17) is 5.73 Å². The number of hydrogen-bond donors (Lipinski definition) is 1. The van der Waals surface area contributed by atoms with Gasteiger partial charge in [-0.05, 0) is 23.8 Å². The summed E-state index contributed by atoms with van der Waals surface area (Å²) in [6, 6.07) is 7.23. The molecule has 0 aliphatic heterocycles. The lowest BCUT2D eigenvalue weighted by Crippen LogP contribution is -2.17. The van der Waals surface area contributed by atoms with Crippen molar-refractivity contribution in [3.8, 4) is 5.75 Å². The Hall–Kier alpha value is -3.36. The number of halogens is 3. The van der Waals surface area contributed by atoms with Gasteiger partial charge in [0.1, 0.15) is 17.9 Å². The molecule has 1 aromatic carbocycles. The first-order valence-corrected chi connectivity index (χ1v) is 7.42. The number of ether oxygens (including phenoxy) is 1. The summed E-state index contributed by atoms with van der Waals surface area (Å²) in [6.07, 6.45) is 1.05. The number of aromatic nitrogens is 3. The molecule has 0 saturated carbocycles. The van der Waals surface area contributed by atoms with Crippen molar-refractivity contribution in [1.29, 1.82) is 0 Å². The van der Waals surface area contributed by atoms with E-state index >= 15 is 0 Å². The van der Waals surface area contributed by atoms with Crippen LogP contribution in [0.2, 0.25) is 0 Å². The van der Waals surface area contributed by atoms with E-state index < -0.39 is 6.36 Å². The monoisotopic (exact) mass is 362 g/mol. The van der Waals surface area contributed by atoms with Gasteiger partial charge in [-0.15, -0.1) is 13.2 Å². The average molecular weight is 362 g/mol. The van der Waals surface area contributed by atoms with Crippen LogP contribution < -0.4 is 10.5 Å². The molecule has 9 heteroatoms. The van der Waals surface area contributed by atoms with Crippen LogP contribution in [0.15, 0.2) is 55.2 Å². The smallest absolute Gasteiger partial charge is 0.406 e. The normalized spacial score (nSPS) is 11.3. The number of nitrogens with two attached hydrogens (primary N) is 1. The molecular weight excluding hydrogens is 349 g/mol. The number of hydrogen-bond acceptors (Lipinski definition) is 5. The molecule has 0 spiro atoms. The molecule has 0 radical (unpaired) electrons. The molecule has 2 heterocycles. The summed E-state index contributed by atoms with van der Waals surface area (Å²) in [5.41, 5.74) is 6.81. The molecule has 0 atom stereocenters. The molecule has 0 fully saturated rings. The number of anilines is 1. The van der Waals surface area contributed by atoms with Gasteiger partial charge in [-0.3, -0.25) is 4.79 Å². The Morgan fingerprint density at radius 3 is 2.81 bits per heavy atom. The number of alkyl halides is 3. The van der Waals surface area contributed by atoms with Crippen LogP contribution >= 0.6 is 0 Å². The zero-order chi connectivity index (χ0) is 18.7. The maximum atomic E-state index is 12.4. The third-order valence-corrected chi connectivity index (χ3v) is 3.50. The zero-order valence-corrected chi connectivity index (χ0v) is 13.3. The maximum absolute atomic E-state index is 12.4. The lowest BCUT2D eigenvalue weighted by molar-refractivity contribution is -0.274. The lowest BCUT2D eigenvalue weighted by atomic mass is 10.1. The van der Waals surface area contributed by atoms with Gasteiger partial charge in [0.15, 0.2) is 5.78 Å². The summed E-state index contributed by atoms with van der Waals surface area (Å²) in [4.78, 5) is 20.0. The molecule has 26 heavy (non-hydrogen) atoms. The van der Waals surface area contributed by atoms with Crippen molar-refractivity contribution in [2.24, 2.45) is 0 Å². The molecule has 3 aromatic rings. The quantitative estimate of drug-likeness (QED) is 0.706. The average Bonchev–Trinajstić information content (AvgIpc) is 3.02. The molecule has 2 N–H and O–H groups in total. The molecule has 2 aromatic heterocycles. The molecule has 0 bridgehead atoms. The maximum Gasteiger partial charge on any atom is 0.573 e. The highest BCUT2D eigenvalue weighted by Crippen LogP contribution is 2.24. The van der Waals surface area contributed by atoms with Gasteiger partial charge in [0.2, 0.25) is 0 Å². The first-order valence-electron chi connectivity index (χ1n) is 7.42. The SMILES string of the molecule is Nc1ncncc1C(=O)c1ccn(Cc2cccc(OC(F)(F)F)c2)c1. The molecule has 0 amide bonds. The molecule has 0 unspecified atom stereocenters. The summed E-state index contributed by atoms with van der Waals surface area (Å²) in [7, 11) is 0. The fourth-order valence-corrected chi connectivity index (χ4v) is 2.39. The van der Waals surface area contributed by atoms with E-state index in [1.54, 1.807) is 29.1 Å². The van der Waals surface area contributed by atoms with E-state index in [1.807, 2.05) is 0 Å². The first kappa shape index (κ1) is 17.5. The van der Waals surface area contributed by atoms with Crippen molar-refractivity contribution in [3.63, 3.8) is 0 Å². The van der Waals surface area contributed by atoms with E-state index in [1.165, 1.54) is 30.7 Å². The van der Waals surface area contributed by atoms with Crippen LogP contribution in [0.1, 0.15) is 21.5 Å². The minimum absolute atomic E-state index is 0.0785. The van der Waals surface area contributed by atoms with Gasteiger partial charge in [0, 0.05) is 30.7 Å². The summed E-state index contributed by atoms with van der Waals surface area (Å²) in [5.74, 6) is -0.557. The largest absolute Gasteiger partial charge is 0.573 e. The predicted molar refractivity (Wildman–Crippen MR) is 86.5 cm³/mol. The highest BCUT2D eigenvalue weighted by molar-refractivity contribution is 6.11. The van der Waals surface area contributed by atoms with E-state index in [-0.39, 0.29) is 29.5 Å². The van der Waals surface area contributed by atoms with E-state index in [9.17, 15) is 18.0 Å². The van der Waals surface area contributed by atoms with Gasteiger partial charge in [0.05, 0.1) is 5.56 Å². The minimum atomic E-state index is -4.75. The Balaban J connectivity index is 1.76. The fraction of sp³-hybridized carbons (Fsp3) is 0.118. The third-order valence-electron chi connectivity index (χ3n) is 3.50. The van der Waals surface area contributed by atoms with Gasteiger partial charge < -0.3 is 15.0 Å². The van der Waals surface area contributed by atoms with Crippen molar-refractivity contribution in [1.82, 2.24) is 14.5 Å². The second-order valence-corrected chi connectivity index (χ2v) is 5.42. The molecule has 134 valence electrons. The number of carbonyl (C=O) groups is 1. The van der Waals surface area contributed by atoms with Gasteiger partial charge in [-0.1, -0.05) is 12.1 Å². The molecule has 0 aliphatic rings. The van der Waals surface area contributed by atoms with E-state index in [0.717, 1.165) is 0 Å². The number of benzene rings is 1. The van der Waals surface area contributed by atoms with Crippen molar-refractivity contribution in [3.05, 3.63) is 71.9 Å². The van der Waals surface area contributed by atoms with Crippen molar-refractivity contribution >= 4 is 11.6 Å². The van der Waals surface area contributed by atoms with Crippen LogP contribution in [-0.4, -0.2) is 26.7 Å². The lowest BCUT2D eigenvalue weighted by Gasteiger charge is -2.10. The van der Waals surface area contributed by atoms with Crippen LogP contribution in [0, 0.1) is 0 Å². The molecule has 6 nitrogen and oxygen atoms in total. The van der Waals surface area contributed by atoms with Crippen LogP contribution in [0.3, 0.4) is 0 Å². The van der Waals surface area contributed by atoms with E-state index in [0.29, 0.717) is 11.1 Å². The summed E-state index contributed by atoms with van der Waals surface area (Å²) in [6.45, 7) is 0.267. The number of ketones is 1. The topological polar surface area (TPSA) is 83.0 Å². The highest BCUT2D eigenvalue weighted by atomic mass is 19.4. The van der Waals surface area contributed by atoms with Gasteiger partial charge >= 0.3 is 6.36 Å². The van der Waals surface area contributed by atoms with Gasteiger partial charge in [0.25, 0.3) is 0 Å². The van der Waals surface area contributed by atoms with E-state index in [2.05, 4.69) is 14.7 Å². The van der Waals surface area contributed by atoms with Crippen molar-refractivity contribution in [2.45, 2.75) is 12.9 Å². The van der Waals surface area contributed by atoms with Crippen LogP contribution in [0.25, 0.3) is 0 Å². The van der Waals surface area contributed by atoms with Crippen LogP contribution in [0.5, 0.6) is 5.75 Å². The minimum Gasteiger partial charge on any atom is -0.406 e. The number of nitrogen functional groups attached to an aromatic ring is 1. The number of nitrogens with zero attached hydrogens (tertiary/aromatic N) is 3. The predicted octanol–water partition coefficient (Wildman–Crippen LogP) is 3.04. The Kier molecular flexibility index (Phi) is 4.61. The van der Waals surface area contributed by atoms with Gasteiger partial charge in [-0.25, -0.2) is 9.97 Å². The van der Waals surface area contributed by atoms with Gasteiger partial charge in [-0.2, -0.15) is 0 Å². The zero-order valence-electron chi connectivity index (χ0n) is 13.3. The Morgan fingerprint density at radius 1 is 1.27 bits per heavy atom. The van der Waals surface area contributed by atoms with Crippen molar-refractivity contribution < 1.29 is 22.7 Å². The van der Waals surface area contributed by atoms with Crippen LogP contribution in [-0.2, 0) is 6.54 Å². The Morgan fingerprint density at radius 2 is 2.08 bits per heavy atom. The molecule has 0 saturated heterocycles. The first-order chi connectivity index (χ1) is 12.3. The standard InChI is InChI=1S/C17H13F3N4O2/c18-17(19,20)26-13-3-1-2-11(6-13)8-24-5-4-12(9-24)15(25)14-7-22-10-23-16(14)21/h1-7,9-10H,8H2,(H2,21,22,23). The molecule has 3 rings (SSSR count). The Labute approximate surface area is 146 Å². The number of rotatable bonds is 5. The second-order valence-electron chi connectivity index (χ2n) is 5.42. The third kappa shape index (κ3) is 4.18. The molecule has 0 aliphatic carbocycles. The molecular formula is C17H13F3N4O2. The summed E-state index contributed by atoms with van der Waals surface area (Å²) >= 11 is 0. The second kappa shape index (κ2) is 6.87. The highest BCUT2D eigenvalue weighted by Gasteiger charge is 2.31. The summed E-state index contributed by atoms with van der Waals surface area (Å²) < 4.78 is 42.5. The number of carbonyl (C=O) groups excluding carboxylic acids is 1. The fourth-order valence-electron chi connectivity index (χ4n) is 2.39. The van der Waals surface area contributed by atoms with Crippen LogP contribution in [0.4, 0.5) is 19.0 Å². The Bertz CT molecular complexity index is 938. The van der Waals surface area contributed by atoms with Crippen molar-refractivity contribution in [2.75, 3.05) is 5.73 Å².